The Labute approximate surface area is 128 Å². The molecule has 20 heavy (non-hydrogen) atoms. The van der Waals surface area contributed by atoms with Crippen LogP contribution in [0.25, 0.3) is 0 Å². The first-order valence-electron chi connectivity index (χ1n) is 6.18. The second-order valence-corrected chi connectivity index (χ2v) is 6.36. The molecule has 1 aromatic heterocycles. The lowest BCUT2D eigenvalue weighted by atomic mass is 10.1. The number of rotatable bonds is 4. The number of nitrogens with two attached hydrogens (primary N) is 1. The Bertz CT molecular complexity index is 649. The molecule has 1 heterocycles. The van der Waals surface area contributed by atoms with Gasteiger partial charge in [-0.1, -0.05) is 30.4 Å². The summed E-state index contributed by atoms with van der Waals surface area (Å²) in [6.45, 7) is 2.53. The van der Waals surface area contributed by atoms with Crippen LogP contribution in [0.4, 0.5) is 0 Å². The Morgan fingerprint density at radius 2 is 2.10 bits per heavy atom. The predicted octanol–water partition coefficient (Wildman–Crippen LogP) is 2.96. The van der Waals surface area contributed by atoms with Crippen molar-refractivity contribution in [1.82, 2.24) is 4.90 Å². The molecule has 2 N–H and O–H groups in total. The first-order chi connectivity index (χ1) is 9.47. The molecule has 0 aliphatic heterocycles. The first kappa shape index (κ1) is 14.7. The van der Waals surface area contributed by atoms with Crippen molar-refractivity contribution in [2.75, 3.05) is 7.05 Å². The number of carbonyl (C=O) groups excluding carboxylic acids is 1. The van der Waals surface area contributed by atoms with E-state index in [4.69, 9.17) is 18.0 Å². The molecule has 3 nitrogen and oxygen atoms in total. The van der Waals surface area contributed by atoms with Gasteiger partial charge in [0.15, 0.2) is 0 Å². The molecule has 0 fully saturated rings. The van der Waals surface area contributed by atoms with E-state index in [1.54, 1.807) is 11.9 Å². The van der Waals surface area contributed by atoms with Gasteiger partial charge in [0.1, 0.15) is 4.99 Å². The van der Waals surface area contributed by atoms with Crippen LogP contribution in [0.15, 0.2) is 36.4 Å². The molecule has 1 amide bonds. The van der Waals surface area contributed by atoms with Gasteiger partial charge in [0.25, 0.3) is 5.91 Å². The normalized spacial score (nSPS) is 10.3. The fraction of sp³-hybridized carbons (Fsp3) is 0.200. The number of benzene rings is 1. The third kappa shape index (κ3) is 3.43. The number of amides is 1. The summed E-state index contributed by atoms with van der Waals surface area (Å²) in [7, 11) is 1.80. The Balaban J connectivity index is 2.11. The van der Waals surface area contributed by atoms with Crippen LogP contribution >= 0.6 is 23.6 Å². The van der Waals surface area contributed by atoms with Crippen LogP contribution in [-0.4, -0.2) is 22.8 Å². The maximum atomic E-state index is 12.3. The van der Waals surface area contributed by atoms with Gasteiger partial charge in [0, 0.05) is 24.0 Å². The van der Waals surface area contributed by atoms with Crippen molar-refractivity contribution in [1.29, 1.82) is 0 Å². The average Bonchev–Trinajstić information content (AvgIpc) is 2.84. The lowest BCUT2D eigenvalue weighted by molar-refractivity contribution is 0.0790. The van der Waals surface area contributed by atoms with E-state index in [1.807, 2.05) is 43.3 Å². The molecular formula is C15H16N2OS2. The van der Waals surface area contributed by atoms with Gasteiger partial charge in [-0.2, -0.15) is 0 Å². The molecule has 0 atom stereocenters. The Hall–Kier alpha value is -1.72. The number of hydrogen-bond acceptors (Lipinski definition) is 3. The van der Waals surface area contributed by atoms with E-state index in [9.17, 15) is 4.79 Å². The molecule has 0 saturated heterocycles. The zero-order valence-corrected chi connectivity index (χ0v) is 13.1. The van der Waals surface area contributed by atoms with Gasteiger partial charge in [0.2, 0.25) is 0 Å². The van der Waals surface area contributed by atoms with Gasteiger partial charge in [-0.05, 0) is 30.7 Å². The molecule has 5 heteroatoms. The molecule has 0 bridgehead atoms. The minimum Gasteiger partial charge on any atom is -0.389 e. The molecule has 0 aliphatic rings. The number of aryl methyl sites for hydroxylation is 1. The summed E-state index contributed by atoms with van der Waals surface area (Å²) in [5.74, 6) is 0.0313. The number of thiophene rings is 1. The molecule has 0 unspecified atom stereocenters. The molecule has 0 spiro atoms. The first-order valence-corrected chi connectivity index (χ1v) is 7.40. The van der Waals surface area contributed by atoms with Crippen LogP contribution in [0.2, 0.25) is 0 Å². The fourth-order valence-electron chi connectivity index (χ4n) is 1.91. The van der Waals surface area contributed by atoms with Crippen molar-refractivity contribution in [3.8, 4) is 0 Å². The van der Waals surface area contributed by atoms with Crippen LogP contribution < -0.4 is 5.73 Å². The van der Waals surface area contributed by atoms with E-state index in [2.05, 4.69) is 0 Å². The van der Waals surface area contributed by atoms with E-state index in [0.29, 0.717) is 11.5 Å². The van der Waals surface area contributed by atoms with E-state index in [-0.39, 0.29) is 5.91 Å². The van der Waals surface area contributed by atoms with E-state index in [1.165, 1.54) is 11.3 Å². The molecule has 0 radical (unpaired) electrons. The molecule has 0 aliphatic carbocycles. The van der Waals surface area contributed by atoms with Crippen LogP contribution in [-0.2, 0) is 6.54 Å². The van der Waals surface area contributed by atoms with Gasteiger partial charge in [-0.15, -0.1) is 11.3 Å². The van der Waals surface area contributed by atoms with E-state index < -0.39 is 0 Å². The smallest absolute Gasteiger partial charge is 0.263 e. The Morgan fingerprint density at radius 1 is 1.35 bits per heavy atom. The van der Waals surface area contributed by atoms with Crippen LogP contribution in [0.1, 0.15) is 25.7 Å². The number of nitrogens with zero attached hydrogens (tertiary/aromatic N) is 1. The second-order valence-electron chi connectivity index (χ2n) is 4.64. The number of thiocarbonyl (C=S) groups is 1. The topological polar surface area (TPSA) is 46.3 Å². The van der Waals surface area contributed by atoms with Crippen LogP contribution in [0, 0.1) is 6.92 Å². The number of carbonyl (C=O) groups is 1. The van der Waals surface area contributed by atoms with Gasteiger partial charge in [-0.3, -0.25) is 4.79 Å². The van der Waals surface area contributed by atoms with Crippen molar-refractivity contribution in [3.63, 3.8) is 0 Å². The summed E-state index contributed by atoms with van der Waals surface area (Å²) in [6.07, 6.45) is 0. The third-order valence-electron chi connectivity index (χ3n) is 2.93. The second kappa shape index (κ2) is 6.15. The highest BCUT2D eigenvalue weighted by molar-refractivity contribution is 7.80. The maximum Gasteiger partial charge on any atom is 0.263 e. The SMILES string of the molecule is Cc1ccc(C(=O)N(C)Cc2cccc(C(N)=S)c2)s1. The van der Waals surface area contributed by atoms with Gasteiger partial charge >= 0.3 is 0 Å². The van der Waals surface area contributed by atoms with Crippen LogP contribution in [0.5, 0.6) is 0 Å². The number of hydrogen-bond donors (Lipinski definition) is 1. The van der Waals surface area contributed by atoms with Gasteiger partial charge in [-0.25, -0.2) is 0 Å². The largest absolute Gasteiger partial charge is 0.389 e. The molecule has 0 saturated carbocycles. The van der Waals surface area contributed by atoms with E-state index in [0.717, 1.165) is 20.9 Å². The lowest BCUT2D eigenvalue weighted by Crippen LogP contribution is -2.25. The molecule has 104 valence electrons. The van der Waals surface area contributed by atoms with Crippen molar-refractivity contribution < 1.29 is 4.79 Å². The standard InChI is InChI=1S/C15H16N2OS2/c1-10-6-7-13(20-10)15(18)17(2)9-11-4-3-5-12(8-11)14(16)19/h3-8H,9H2,1-2H3,(H2,16,19). The van der Waals surface area contributed by atoms with Gasteiger partial charge in [0.05, 0.1) is 4.88 Å². The van der Waals surface area contributed by atoms with Crippen LogP contribution in [0.3, 0.4) is 0 Å². The minimum absolute atomic E-state index is 0.0313. The minimum atomic E-state index is 0.0313. The quantitative estimate of drug-likeness (QED) is 0.883. The lowest BCUT2D eigenvalue weighted by Gasteiger charge is -2.16. The molecule has 2 rings (SSSR count). The zero-order chi connectivity index (χ0) is 14.7. The van der Waals surface area contributed by atoms with Gasteiger partial charge < -0.3 is 10.6 Å². The molecule has 1 aromatic carbocycles. The van der Waals surface area contributed by atoms with Crippen molar-refractivity contribution in [2.45, 2.75) is 13.5 Å². The highest BCUT2D eigenvalue weighted by Gasteiger charge is 2.14. The van der Waals surface area contributed by atoms with E-state index >= 15 is 0 Å². The summed E-state index contributed by atoms with van der Waals surface area (Å²) in [5.41, 5.74) is 7.46. The van der Waals surface area contributed by atoms with Crippen molar-refractivity contribution in [2.24, 2.45) is 5.73 Å². The highest BCUT2D eigenvalue weighted by atomic mass is 32.1. The third-order valence-corrected chi connectivity index (χ3v) is 4.15. The highest BCUT2D eigenvalue weighted by Crippen LogP contribution is 2.18. The predicted molar refractivity (Wildman–Crippen MR) is 87.2 cm³/mol. The summed E-state index contributed by atoms with van der Waals surface area (Å²) < 4.78 is 0. The average molecular weight is 304 g/mol. The molecular weight excluding hydrogens is 288 g/mol. The fourth-order valence-corrected chi connectivity index (χ4v) is 2.90. The summed E-state index contributed by atoms with van der Waals surface area (Å²) >= 11 is 6.48. The molecule has 2 aromatic rings. The summed E-state index contributed by atoms with van der Waals surface area (Å²) in [4.78, 5) is 16.2. The summed E-state index contributed by atoms with van der Waals surface area (Å²) in [6, 6.07) is 11.5. The zero-order valence-electron chi connectivity index (χ0n) is 11.4. The summed E-state index contributed by atoms with van der Waals surface area (Å²) in [5, 5.41) is 0. The monoisotopic (exact) mass is 304 g/mol. The Kier molecular flexibility index (Phi) is 4.52. The maximum absolute atomic E-state index is 12.3. The van der Waals surface area contributed by atoms with Crippen molar-refractivity contribution in [3.05, 3.63) is 57.3 Å². The van der Waals surface area contributed by atoms with Crippen molar-refractivity contribution >= 4 is 34.5 Å². The Morgan fingerprint density at radius 3 is 2.70 bits per heavy atom.